The van der Waals surface area contributed by atoms with Crippen molar-refractivity contribution >= 4 is 32.4 Å². The molecule has 0 aliphatic carbocycles. The largest absolute Gasteiger partial charge is 0.382 e. The third-order valence-corrected chi connectivity index (χ3v) is 7.48. The van der Waals surface area contributed by atoms with Crippen molar-refractivity contribution in [3.63, 3.8) is 0 Å². The molecule has 1 aliphatic rings. The molecule has 1 aromatic carbocycles. The van der Waals surface area contributed by atoms with E-state index in [2.05, 4.69) is 42.9 Å². The van der Waals surface area contributed by atoms with Crippen molar-refractivity contribution < 1.29 is 8.42 Å². The van der Waals surface area contributed by atoms with Gasteiger partial charge in [0.05, 0.1) is 28.7 Å². The monoisotopic (exact) mass is 440 g/mol. The maximum atomic E-state index is 12.1. The summed E-state index contributed by atoms with van der Waals surface area (Å²) >= 11 is 0. The van der Waals surface area contributed by atoms with Crippen LogP contribution in [0, 0.1) is 0 Å². The van der Waals surface area contributed by atoms with Crippen molar-refractivity contribution in [1.82, 2.24) is 24.2 Å². The number of rotatable bonds is 4. The quantitative estimate of drug-likeness (QED) is 0.642. The minimum Gasteiger partial charge on any atom is -0.382 e. The van der Waals surface area contributed by atoms with Crippen LogP contribution in [-0.4, -0.2) is 51.5 Å². The summed E-state index contributed by atoms with van der Waals surface area (Å²) < 4.78 is 25.7. The average molecular weight is 441 g/mol. The van der Waals surface area contributed by atoms with Gasteiger partial charge in [-0.25, -0.2) is 23.4 Å². The summed E-state index contributed by atoms with van der Waals surface area (Å²) in [6, 6.07) is 6.19. The van der Waals surface area contributed by atoms with Gasteiger partial charge in [0.2, 0.25) is 10.0 Å². The fourth-order valence-corrected chi connectivity index (χ4v) is 4.67. The van der Waals surface area contributed by atoms with E-state index in [4.69, 9.17) is 15.7 Å². The fraction of sp³-hybridized carbons (Fsp3) is 0.409. The highest BCUT2D eigenvalue weighted by atomic mass is 32.2. The average Bonchev–Trinajstić information content (AvgIpc) is 3.17. The van der Waals surface area contributed by atoms with Crippen molar-refractivity contribution in [3.05, 3.63) is 41.7 Å². The number of hydrogen-bond donors (Lipinski definition) is 2. The van der Waals surface area contributed by atoms with Gasteiger partial charge in [-0.15, -0.1) is 0 Å². The number of hydrogen-bond acceptors (Lipinski definition) is 6. The third kappa shape index (κ3) is 4.20. The fourth-order valence-electron chi connectivity index (χ4n) is 3.63. The lowest BCUT2D eigenvalue weighted by Crippen LogP contribution is -2.35. The molecule has 0 bridgehead atoms. The first kappa shape index (κ1) is 21.5. The predicted octanol–water partition coefficient (Wildman–Crippen LogP) is 3.34. The van der Waals surface area contributed by atoms with E-state index in [0.717, 1.165) is 16.6 Å². The van der Waals surface area contributed by atoms with Crippen LogP contribution in [0.15, 0.2) is 30.5 Å². The van der Waals surface area contributed by atoms with Gasteiger partial charge in [-0.05, 0) is 42.0 Å². The number of H-pyrrole nitrogens is 1. The van der Waals surface area contributed by atoms with Gasteiger partial charge >= 0.3 is 0 Å². The molecule has 0 saturated carbocycles. The van der Waals surface area contributed by atoms with E-state index in [9.17, 15) is 8.42 Å². The molecule has 164 valence electrons. The van der Waals surface area contributed by atoms with Crippen molar-refractivity contribution in [2.24, 2.45) is 0 Å². The van der Waals surface area contributed by atoms with Gasteiger partial charge in [0.25, 0.3) is 0 Å². The summed E-state index contributed by atoms with van der Waals surface area (Å²) in [5.41, 5.74) is 11.3. The Labute approximate surface area is 182 Å². The molecule has 0 unspecified atom stereocenters. The van der Waals surface area contributed by atoms with Gasteiger partial charge in [0, 0.05) is 13.1 Å². The molecule has 9 heteroatoms. The van der Waals surface area contributed by atoms with E-state index in [1.807, 2.05) is 12.1 Å². The molecule has 0 amide bonds. The van der Waals surface area contributed by atoms with Crippen molar-refractivity contribution in [2.75, 3.05) is 24.6 Å². The van der Waals surface area contributed by atoms with E-state index >= 15 is 0 Å². The Morgan fingerprint density at radius 3 is 2.65 bits per heavy atom. The number of sulfonamides is 1. The normalized spacial score (nSPS) is 15.9. The Balaban J connectivity index is 1.68. The van der Waals surface area contributed by atoms with Crippen LogP contribution in [0.2, 0.25) is 0 Å². The maximum absolute atomic E-state index is 12.1. The first-order valence-corrected chi connectivity index (χ1v) is 12.0. The van der Waals surface area contributed by atoms with E-state index < -0.39 is 10.0 Å². The zero-order valence-corrected chi connectivity index (χ0v) is 19.1. The highest BCUT2D eigenvalue weighted by Gasteiger charge is 2.24. The van der Waals surface area contributed by atoms with Crippen LogP contribution in [0.5, 0.6) is 0 Å². The zero-order valence-electron chi connectivity index (χ0n) is 18.3. The predicted molar refractivity (Wildman–Crippen MR) is 124 cm³/mol. The minimum atomic E-state index is -3.20. The first-order valence-electron chi connectivity index (χ1n) is 10.4. The Hall–Kier alpha value is -2.78. The van der Waals surface area contributed by atoms with Gasteiger partial charge in [0.15, 0.2) is 11.6 Å². The maximum Gasteiger partial charge on any atom is 0.214 e. The smallest absolute Gasteiger partial charge is 0.214 e. The Morgan fingerprint density at radius 1 is 1.23 bits per heavy atom. The number of nitrogens with one attached hydrogen (secondary N) is 1. The second kappa shape index (κ2) is 7.72. The molecule has 0 radical (unpaired) electrons. The van der Waals surface area contributed by atoms with Crippen molar-refractivity contribution in [3.8, 4) is 11.5 Å². The molecule has 3 N–H and O–H groups in total. The van der Waals surface area contributed by atoms with Crippen LogP contribution in [0.4, 0.5) is 5.82 Å². The van der Waals surface area contributed by atoms with Crippen LogP contribution < -0.4 is 5.73 Å². The SMILES string of the molecule is CCS(=O)(=O)N1CC=C(c2cnc(N)c(-c3nc4cc(C(C)(C)C)ccc4[nH]3)n2)CC1. The Morgan fingerprint density at radius 2 is 2.00 bits per heavy atom. The molecule has 3 aromatic rings. The zero-order chi connectivity index (χ0) is 22.4. The van der Waals surface area contributed by atoms with E-state index in [1.54, 1.807) is 13.1 Å². The van der Waals surface area contributed by atoms with Gasteiger partial charge in [-0.2, -0.15) is 4.31 Å². The van der Waals surface area contributed by atoms with Gasteiger partial charge in [0.1, 0.15) is 5.69 Å². The molecule has 0 saturated heterocycles. The second-order valence-corrected chi connectivity index (χ2v) is 11.1. The van der Waals surface area contributed by atoms with Crippen LogP contribution in [0.25, 0.3) is 28.1 Å². The van der Waals surface area contributed by atoms with Crippen LogP contribution in [0.3, 0.4) is 0 Å². The highest BCUT2D eigenvalue weighted by Crippen LogP contribution is 2.29. The second-order valence-electron chi connectivity index (χ2n) is 8.79. The van der Waals surface area contributed by atoms with E-state index in [1.165, 1.54) is 9.87 Å². The Kier molecular flexibility index (Phi) is 5.35. The lowest BCUT2D eigenvalue weighted by atomic mass is 9.87. The topological polar surface area (TPSA) is 118 Å². The number of imidazole rings is 1. The number of nitrogens with two attached hydrogens (primary N) is 1. The molecule has 0 atom stereocenters. The van der Waals surface area contributed by atoms with Gasteiger partial charge in [-0.1, -0.05) is 32.9 Å². The number of nitrogen functional groups attached to an aromatic ring is 1. The van der Waals surface area contributed by atoms with Crippen LogP contribution in [0.1, 0.15) is 45.4 Å². The number of aromatic nitrogens is 4. The van der Waals surface area contributed by atoms with E-state index in [0.29, 0.717) is 42.5 Å². The molecule has 4 rings (SSSR count). The summed E-state index contributed by atoms with van der Waals surface area (Å²) in [4.78, 5) is 17.1. The summed E-state index contributed by atoms with van der Waals surface area (Å²) in [6.07, 6.45) is 4.11. The molecule has 31 heavy (non-hydrogen) atoms. The molecule has 8 nitrogen and oxygen atoms in total. The highest BCUT2D eigenvalue weighted by molar-refractivity contribution is 7.89. The summed E-state index contributed by atoms with van der Waals surface area (Å²) in [7, 11) is -3.20. The number of fused-ring (bicyclic) bond motifs is 1. The summed E-state index contributed by atoms with van der Waals surface area (Å²) in [5, 5.41) is 0. The van der Waals surface area contributed by atoms with Crippen LogP contribution >= 0.6 is 0 Å². The van der Waals surface area contributed by atoms with Crippen molar-refractivity contribution in [2.45, 2.75) is 39.5 Å². The Bertz CT molecular complexity index is 1270. The lowest BCUT2D eigenvalue weighted by molar-refractivity contribution is 0.442. The van der Waals surface area contributed by atoms with Gasteiger partial charge < -0.3 is 10.7 Å². The summed E-state index contributed by atoms with van der Waals surface area (Å²) in [6.45, 7) is 8.93. The summed E-state index contributed by atoms with van der Waals surface area (Å²) in [5.74, 6) is 0.968. The van der Waals surface area contributed by atoms with E-state index in [-0.39, 0.29) is 11.2 Å². The molecule has 3 heterocycles. The molecular formula is C22H28N6O2S. The van der Waals surface area contributed by atoms with Crippen LogP contribution in [-0.2, 0) is 15.4 Å². The van der Waals surface area contributed by atoms with Crippen molar-refractivity contribution in [1.29, 1.82) is 0 Å². The minimum absolute atomic E-state index is 0.0264. The third-order valence-electron chi connectivity index (χ3n) is 5.63. The first-order chi connectivity index (χ1) is 14.6. The molecule has 2 aromatic heterocycles. The van der Waals surface area contributed by atoms with Gasteiger partial charge in [-0.3, -0.25) is 0 Å². The molecule has 1 aliphatic heterocycles. The molecule has 0 fully saturated rings. The standard InChI is InChI=1S/C22H28N6O2S/c1-5-31(29,30)28-10-8-14(9-11-28)18-13-24-20(23)19(25-18)21-26-16-7-6-15(22(2,3)4)12-17(16)27-21/h6-8,12-13H,5,9-11H2,1-4H3,(H2,23,24)(H,26,27). The molecular weight excluding hydrogens is 412 g/mol. The number of benzene rings is 1. The number of nitrogens with zero attached hydrogens (tertiary/aromatic N) is 4. The lowest BCUT2D eigenvalue weighted by Gasteiger charge is -2.25. The molecule has 0 spiro atoms. The number of anilines is 1. The number of aromatic amines is 1.